The summed E-state index contributed by atoms with van der Waals surface area (Å²) in [6, 6.07) is 18.8. The van der Waals surface area contributed by atoms with E-state index in [1.165, 1.54) is 5.56 Å². The molecular formula is C21H28ClN3O. The minimum Gasteiger partial charge on any atom is -0.349 e. The summed E-state index contributed by atoms with van der Waals surface area (Å²) in [5.41, 5.74) is 8.70. The van der Waals surface area contributed by atoms with Gasteiger partial charge in [0.25, 0.3) is 5.91 Å². The Morgan fingerprint density at radius 2 is 1.73 bits per heavy atom. The zero-order valence-electron chi connectivity index (χ0n) is 15.2. The molecule has 140 valence electrons. The lowest BCUT2D eigenvalue weighted by molar-refractivity contribution is 0.0896. The third-order valence-corrected chi connectivity index (χ3v) is 5.15. The molecule has 0 bridgehead atoms. The molecule has 3 rings (SSSR count). The Hall–Kier alpha value is -1.88. The van der Waals surface area contributed by atoms with Gasteiger partial charge in [0.1, 0.15) is 0 Å². The number of benzene rings is 2. The number of carbonyl (C=O) groups excluding carboxylic acids is 1. The van der Waals surface area contributed by atoms with Crippen molar-refractivity contribution in [3.05, 3.63) is 71.3 Å². The van der Waals surface area contributed by atoms with Crippen LogP contribution in [0.4, 0.5) is 0 Å². The van der Waals surface area contributed by atoms with E-state index in [2.05, 4.69) is 47.5 Å². The molecule has 3 N–H and O–H groups in total. The Balaban J connectivity index is 0.00000243. The van der Waals surface area contributed by atoms with Gasteiger partial charge in [-0.25, -0.2) is 0 Å². The molecule has 1 fully saturated rings. The lowest BCUT2D eigenvalue weighted by Crippen LogP contribution is -2.45. The molecule has 0 radical (unpaired) electrons. The van der Waals surface area contributed by atoms with Gasteiger partial charge in [-0.05, 0) is 43.0 Å². The number of nitrogens with zero attached hydrogens (tertiary/aromatic N) is 1. The molecule has 0 aromatic heterocycles. The smallest absolute Gasteiger partial charge is 0.251 e. The van der Waals surface area contributed by atoms with Gasteiger partial charge in [-0.3, -0.25) is 9.69 Å². The van der Waals surface area contributed by atoms with E-state index in [9.17, 15) is 4.79 Å². The fourth-order valence-corrected chi connectivity index (χ4v) is 3.43. The number of piperidine rings is 1. The van der Waals surface area contributed by atoms with Gasteiger partial charge in [-0.2, -0.15) is 0 Å². The summed E-state index contributed by atoms with van der Waals surface area (Å²) in [4.78, 5) is 14.9. The molecule has 26 heavy (non-hydrogen) atoms. The Labute approximate surface area is 162 Å². The number of amides is 1. The van der Waals surface area contributed by atoms with E-state index >= 15 is 0 Å². The second-order valence-electron chi connectivity index (χ2n) is 6.77. The highest BCUT2D eigenvalue weighted by Crippen LogP contribution is 2.24. The maximum absolute atomic E-state index is 12.4. The number of nitrogens with two attached hydrogens (primary N) is 1. The van der Waals surface area contributed by atoms with Crippen LogP contribution in [0.15, 0.2) is 54.6 Å². The highest BCUT2D eigenvalue weighted by atomic mass is 35.5. The highest BCUT2D eigenvalue weighted by Gasteiger charge is 2.24. The van der Waals surface area contributed by atoms with Crippen molar-refractivity contribution in [3.63, 3.8) is 0 Å². The van der Waals surface area contributed by atoms with E-state index in [0.717, 1.165) is 31.5 Å². The lowest BCUT2D eigenvalue weighted by atomic mass is 10.00. The third-order valence-electron chi connectivity index (χ3n) is 5.15. The first-order valence-electron chi connectivity index (χ1n) is 9.06. The molecule has 1 aliphatic heterocycles. The fourth-order valence-electron chi connectivity index (χ4n) is 3.43. The molecule has 2 aromatic carbocycles. The summed E-state index contributed by atoms with van der Waals surface area (Å²) in [7, 11) is 0. The number of halogens is 1. The third kappa shape index (κ3) is 5.07. The van der Waals surface area contributed by atoms with Crippen molar-refractivity contribution in [2.24, 2.45) is 5.73 Å². The highest BCUT2D eigenvalue weighted by molar-refractivity contribution is 5.94. The number of nitrogens with one attached hydrogen (secondary N) is 1. The summed E-state index contributed by atoms with van der Waals surface area (Å²) in [6.45, 7) is 4.77. The van der Waals surface area contributed by atoms with E-state index in [4.69, 9.17) is 5.73 Å². The Kier molecular flexibility index (Phi) is 7.64. The van der Waals surface area contributed by atoms with Crippen molar-refractivity contribution in [3.8, 4) is 0 Å². The molecule has 2 aromatic rings. The topological polar surface area (TPSA) is 58.4 Å². The maximum Gasteiger partial charge on any atom is 0.251 e. The van der Waals surface area contributed by atoms with Gasteiger partial charge in [0, 0.05) is 37.3 Å². The Bertz CT molecular complexity index is 682. The Morgan fingerprint density at radius 3 is 2.31 bits per heavy atom. The quantitative estimate of drug-likeness (QED) is 0.843. The predicted molar refractivity (Wildman–Crippen MR) is 108 cm³/mol. The number of hydrogen-bond donors (Lipinski definition) is 2. The number of likely N-dealkylation sites (tertiary alicyclic amines) is 1. The zero-order chi connectivity index (χ0) is 17.6. The maximum atomic E-state index is 12.4. The van der Waals surface area contributed by atoms with Gasteiger partial charge in [-0.1, -0.05) is 42.5 Å². The molecule has 0 aliphatic carbocycles. The fraction of sp³-hybridized carbons (Fsp3) is 0.381. The van der Waals surface area contributed by atoms with Crippen LogP contribution in [-0.4, -0.2) is 29.9 Å². The van der Waals surface area contributed by atoms with Gasteiger partial charge in [0.15, 0.2) is 0 Å². The Morgan fingerprint density at radius 1 is 1.12 bits per heavy atom. The molecule has 1 aliphatic rings. The van der Waals surface area contributed by atoms with Gasteiger partial charge < -0.3 is 11.1 Å². The van der Waals surface area contributed by atoms with Crippen LogP contribution in [0.2, 0.25) is 0 Å². The average molecular weight is 374 g/mol. The van der Waals surface area contributed by atoms with Crippen LogP contribution in [-0.2, 0) is 6.54 Å². The molecule has 4 nitrogen and oxygen atoms in total. The van der Waals surface area contributed by atoms with Crippen molar-refractivity contribution in [1.82, 2.24) is 10.2 Å². The second-order valence-corrected chi connectivity index (χ2v) is 6.77. The molecule has 1 atom stereocenters. The summed E-state index contributed by atoms with van der Waals surface area (Å²) < 4.78 is 0. The molecule has 0 spiro atoms. The molecule has 1 heterocycles. The largest absolute Gasteiger partial charge is 0.349 e. The van der Waals surface area contributed by atoms with Crippen LogP contribution in [0.25, 0.3) is 0 Å². The first-order chi connectivity index (χ1) is 12.2. The number of carbonyl (C=O) groups is 1. The second kappa shape index (κ2) is 9.72. The van der Waals surface area contributed by atoms with E-state index in [1.54, 1.807) is 0 Å². The SMILES string of the molecule is CC(c1ccccc1)N1CCC(NC(=O)c2ccc(CN)cc2)CC1.Cl. The minimum absolute atomic E-state index is 0. The molecular weight excluding hydrogens is 346 g/mol. The summed E-state index contributed by atoms with van der Waals surface area (Å²) >= 11 is 0. The van der Waals surface area contributed by atoms with Crippen molar-refractivity contribution in [2.45, 2.75) is 38.4 Å². The van der Waals surface area contributed by atoms with Crippen molar-refractivity contribution >= 4 is 18.3 Å². The van der Waals surface area contributed by atoms with Crippen LogP contribution in [0.5, 0.6) is 0 Å². The van der Waals surface area contributed by atoms with Gasteiger partial charge in [0.2, 0.25) is 0 Å². The van der Waals surface area contributed by atoms with Crippen LogP contribution >= 0.6 is 12.4 Å². The van der Waals surface area contributed by atoms with E-state index in [0.29, 0.717) is 18.2 Å². The molecule has 5 heteroatoms. The number of rotatable bonds is 5. The van der Waals surface area contributed by atoms with Gasteiger partial charge >= 0.3 is 0 Å². The predicted octanol–water partition coefficient (Wildman–Crippen LogP) is 3.52. The molecule has 0 saturated carbocycles. The molecule has 1 saturated heterocycles. The van der Waals surface area contributed by atoms with E-state index < -0.39 is 0 Å². The first kappa shape index (κ1) is 20.4. The lowest BCUT2D eigenvalue weighted by Gasteiger charge is -2.36. The van der Waals surface area contributed by atoms with Crippen LogP contribution in [0.1, 0.15) is 47.3 Å². The normalized spacial score (nSPS) is 16.5. The standard InChI is InChI=1S/C21H27N3O.ClH/c1-16(18-5-3-2-4-6-18)24-13-11-20(12-14-24)23-21(25)19-9-7-17(15-22)8-10-19;/h2-10,16,20H,11-15,22H2,1H3,(H,23,25);1H. The first-order valence-corrected chi connectivity index (χ1v) is 9.06. The van der Waals surface area contributed by atoms with E-state index in [1.807, 2.05) is 24.3 Å². The van der Waals surface area contributed by atoms with Crippen molar-refractivity contribution in [1.29, 1.82) is 0 Å². The monoisotopic (exact) mass is 373 g/mol. The van der Waals surface area contributed by atoms with Gasteiger partial charge in [0.05, 0.1) is 0 Å². The zero-order valence-corrected chi connectivity index (χ0v) is 16.0. The summed E-state index contributed by atoms with van der Waals surface area (Å²) in [6.07, 6.45) is 1.98. The van der Waals surface area contributed by atoms with Gasteiger partial charge in [-0.15, -0.1) is 12.4 Å². The van der Waals surface area contributed by atoms with Crippen LogP contribution < -0.4 is 11.1 Å². The average Bonchev–Trinajstić information content (AvgIpc) is 2.68. The van der Waals surface area contributed by atoms with Crippen LogP contribution in [0, 0.1) is 0 Å². The minimum atomic E-state index is 0. The number of hydrogen-bond acceptors (Lipinski definition) is 3. The van der Waals surface area contributed by atoms with Crippen LogP contribution in [0.3, 0.4) is 0 Å². The van der Waals surface area contributed by atoms with Crippen molar-refractivity contribution < 1.29 is 4.79 Å². The molecule has 1 amide bonds. The summed E-state index contributed by atoms with van der Waals surface area (Å²) in [5, 5.41) is 3.18. The van der Waals surface area contributed by atoms with Crippen molar-refractivity contribution in [2.75, 3.05) is 13.1 Å². The summed E-state index contributed by atoms with van der Waals surface area (Å²) in [5.74, 6) is 0.0122. The van der Waals surface area contributed by atoms with E-state index in [-0.39, 0.29) is 24.4 Å². The molecule has 1 unspecified atom stereocenters.